The molecular weight excluding hydrogens is 373 g/mol. The lowest BCUT2D eigenvalue weighted by Crippen LogP contribution is -2.39. The van der Waals surface area contributed by atoms with Crippen LogP contribution in [0.25, 0.3) is 10.9 Å². The molecule has 2 N–H and O–H groups in total. The molecule has 1 saturated heterocycles. The summed E-state index contributed by atoms with van der Waals surface area (Å²) in [6.07, 6.45) is 8.71. The van der Waals surface area contributed by atoms with Crippen LogP contribution in [0, 0.1) is 17.7 Å². The van der Waals surface area contributed by atoms with Crippen LogP contribution in [0.2, 0.25) is 0 Å². The topological polar surface area (TPSA) is 74.6 Å². The van der Waals surface area contributed by atoms with Gasteiger partial charge in [0.25, 0.3) is 0 Å². The minimum absolute atomic E-state index is 0.141. The first kappa shape index (κ1) is 18.4. The Bertz CT molecular complexity index is 1090. The lowest BCUT2D eigenvalue weighted by Gasteiger charge is -2.28. The van der Waals surface area contributed by atoms with Gasteiger partial charge in [0.15, 0.2) is 0 Å². The van der Waals surface area contributed by atoms with E-state index in [-0.39, 0.29) is 17.0 Å². The van der Waals surface area contributed by atoms with E-state index in [9.17, 15) is 14.7 Å². The number of carbonyl (C=O) groups is 1. The molecule has 2 heterocycles. The fraction of sp³-hybridized carbons (Fsp3) is 0.455. The first-order valence-corrected chi connectivity index (χ1v) is 10.2. The molecule has 3 aliphatic rings. The van der Waals surface area contributed by atoms with E-state index in [1.807, 2.05) is 11.6 Å². The van der Waals surface area contributed by atoms with Crippen molar-refractivity contribution in [2.24, 2.45) is 11.8 Å². The summed E-state index contributed by atoms with van der Waals surface area (Å²) in [6.45, 7) is 1.49. The predicted molar refractivity (Wildman–Crippen MR) is 109 cm³/mol. The van der Waals surface area contributed by atoms with Gasteiger partial charge in [-0.3, -0.25) is 4.79 Å². The fourth-order valence-electron chi connectivity index (χ4n) is 4.99. The van der Waals surface area contributed by atoms with E-state index in [0.29, 0.717) is 29.1 Å². The van der Waals surface area contributed by atoms with Gasteiger partial charge in [-0.25, -0.2) is 9.18 Å². The number of hydrogen-bond acceptors (Lipinski definition) is 4. The monoisotopic (exact) mass is 397 g/mol. The number of rotatable bonds is 4. The van der Waals surface area contributed by atoms with E-state index in [1.54, 1.807) is 6.07 Å². The van der Waals surface area contributed by atoms with Gasteiger partial charge in [-0.2, -0.15) is 0 Å². The average Bonchev–Trinajstić information content (AvgIpc) is 3.45. The Kier molecular flexibility index (Phi) is 4.24. The van der Waals surface area contributed by atoms with Crippen LogP contribution in [0.5, 0.6) is 0 Å². The van der Waals surface area contributed by atoms with Crippen molar-refractivity contribution >= 4 is 22.6 Å². The number of fused-ring (bicyclic) bond motifs is 2. The van der Waals surface area contributed by atoms with Crippen molar-refractivity contribution in [1.82, 2.24) is 9.88 Å². The van der Waals surface area contributed by atoms with Gasteiger partial charge in [-0.15, -0.1) is 0 Å². The van der Waals surface area contributed by atoms with Crippen LogP contribution in [-0.2, 0) is 0 Å². The van der Waals surface area contributed by atoms with E-state index in [4.69, 9.17) is 0 Å². The van der Waals surface area contributed by atoms with Crippen molar-refractivity contribution in [3.8, 4) is 0 Å². The number of carboxylic acids is 1. The Hall–Kier alpha value is -2.67. The van der Waals surface area contributed by atoms with Crippen LogP contribution in [0.1, 0.15) is 35.7 Å². The van der Waals surface area contributed by atoms with Gasteiger partial charge in [-0.05, 0) is 44.4 Å². The average molecular weight is 397 g/mol. The second-order valence-electron chi connectivity index (χ2n) is 8.43. The standard InChI is InChI=1S/C22H24FN3O3/c1-24-18-4-2-3-12-9-25(10-15(12)18)20-8-19-14(7-17(20)23)21(27)16(22(28)29)11-26(19)13-5-6-13/h2-3,7-8,11-13,15,18,24H,4-6,9-10H2,1H3,(H,28,29). The van der Waals surface area contributed by atoms with Crippen LogP contribution in [0.3, 0.4) is 0 Å². The number of hydrogen-bond donors (Lipinski definition) is 2. The molecule has 6 nitrogen and oxygen atoms in total. The summed E-state index contributed by atoms with van der Waals surface area (Å²) in [7, 11) is 1.97. The molecule has 0 bridgehead atoms. The van der Waals surface area contributed by atoms with Gasteiger partial charge in [0.05, 0.1) is 11.2 Å². The minimum atomic E-state index is -1.27. The van der Waals surface area contributed by atoms with Gasteiger partial charge >= 0.3 is 5.97 Å². The van der Waals surface area contributed by atoms with Crippen molar-refractivity contribution in [2.45, 2.75) is 31.3 Å². The number of halogens is 1. The molecule has 5 rings (SSSR count). The maximum Gasteiger partial charge on any atom is 0.341 e. The zero-order valence-electron chi connectivity index (χ0n) is 16.3. The van der Waals surface area contributed by atoms with E-state index in [2.05, 4.69) is 22.4 Å². The molecule has 2 aromatic rings. The molecule has 1 saturated carbocycles. The molecule has 2 aliphatic carbocycles. The molecule has 3 unspecified atom stereocenters. The van der Waals surface area contributed by atoms with E-state index >= 15 is 4.39 Å². The third-order valence-corrected chi connectivity index (χ3v) is 6.69. The smallest absolute Gasteiger partial charge is 0.341 e. The molecule has 1 aromatic heterocycles. The van der Waals surface area contributed by atoms with E-state index in [0.717, 1.165) is 32.4 Å². The van der Waals surface area contributed by atoms with Crippen molar-refractivity contribution in [1.29, 1.82) is 0 Å². The summed E-state index contributed by atoms with van der Waals surface area (Å²) in [5, 5.41) is 12.9. The van der Waals surface area contributed by atoms with Crippen LogP contribution < -0.4 is 15.6 Å². The molecule has 0 radical (unpaired) electrons. The number of nitrogens with one attached hydrogen (secondary N) is 1. The van der Waals surface area contributed by atoms with Gasteiger partial charge in [0.2, 0.25) is 5.43 Å². The number of nitrogens with zero attached hydrogens (tertiary/aromatic N) is 2. The summed E-state index contributed by atoms with van der Waals surface area (Å²) < 4.78 is 17.0. The molecule has 7 heteroatoms. The van der Waals surface area contributed by atoms with Gasteiger partial charge in [-0.1, -0.05) is 12.2 Å². The highest BCUT2D eigenvalue weighted by molar-refractivity contribution is 5.93. The largest absolute Gasteiger partial charge is 0.477 e. The molecule has 152 valence electrons. The maximum atomic E-state index is 15.1. The Balaban J connectivity index is 1.61. The number of carboxylic acid groups (broad SMARTS) is 1. The van der Waals surface area contributed by atoms with Gasteiger partial charge < -0.3 is 19.9 Å². The van der Waals surface area contributed by atoms with Crippen LogP contribution in [0.4, 0.5) is 10.1 Å². The summed E-state index contributed by atoms with van der Waals surface area (Å²) in [5.74, 6) is -0.955. The molecule has 1 aliphatic heterocycles. The molecule has 1 aromatic carbocycles. The highest BCUT2D eigenvalue weighted by Crippen LogP contribution is 2.40. The number of aromatic nitrogens is 1. The molecule has 2 fully saturated rings. The van der Waals surface area contributed by atoms with Gasteiger partial charge in [0.1, 0.15) is 11.4 Å². The number of benzene rings is 1. The minimum Gasteiger partial charge on any atom is -0.477 e. The highest BCUT2D eigenvalue weighted by Gasteiger charge is 2.38. The Morgan fingerprint density at radius 1 is 1.28 bits per heavy atom. The molecule has 29 heavy (non-hydrogen) atoms. The Labute approximate surface area is 167 Å². The molecule has 0 amide bonds. The Morgan fingerprint density at radius 2 is 2.07 bits per heavy atom. The summed E-state index contributed by atoms with van der Waals surface area (Å²) >= 11 is 0. The fourth-order valence-corrected chi connectivity index (χ4v) is 4.99. The van der Waals surface area contributed by atoms with Crippen LogP contribution in [0.15, 0.2) is 35.3 Å². The highest BCUT2D eigenvalue weighted by atomic mass is 19.1. The second-order valence-corrected chi connectivity index (χ2v) is 8.43. The second kappa shape index (κ2) is 6.69. The van der Waals surface area contributed by atoms with Crippen LogP contribution >= 0.6 is 0 Å². The number of pyridine rings is 1. The lowest BCUT2D eigenvalue weighted by atomic mass is 9.83. The summed E-state index contributed by atoms with van der Waals surface area (Å²) in [6, 6.07) is 3.52. The first-order valence-electron chi connectivity index (χ1n) is 10.2. The first-order chi connectivity index (χ1) is 14.0. The third-order valence-electron chi connectivity index (χ3n) is 6.69. The van der Waals surface area contributed by atoms with E-state index < -0.39 is 17.2 Å². The zero-order valence-corrected chi connectivity index (χ0v) is 16.3. The summed E-state index contributed by atoms with van der Waals surface area (Å²) in [5.41, 5.74) is 0.190. The lowest BCUT2D eigenvalue weighted by molar-refractivity contribution is 0.0695. The SMILES string of the molecule is CNC1CC=CC2CN(c3cc4c(cc3F)c(=O)c(C(=O)O)cn4C3CC3)CC21. The molecule has 0 spiro atoms. The number of anilines is 1. The quantitative estimate of drug-likeness (QED) is 0.776. The number of aromatic carboxylic acids is 1. The maximum absolute atomic E-state index is 15.1. The van der Waals surface area contributed by atoms with Crippen molar-refractivity contribution in [3.05, 3.63) is 52.1 Å². The van der Waals surface area contributed by atoms with Crippen LogP contribution in [-0.4, -0.2) is 41.8 Å². The molecular formula is C22H24FN3O3. The summed E-state index contributed by atoms with van der Waals surface area (Å²) in [4.78, 5) is 26.2. The molecule has 3 atom stereocenters. The van der Waals surface area contributed by atoms with E-state index in [1.165, 1.54) is 12.3 Å². The van der Waals surface area contributed by atoms with Crippen molar-refractivity contribution < 1.29 is 14.3 Å². The third kappa shape index (κ3) is 2.95. The Morgan fingerprint density at radius 3 is 2.76 bits per heavy atom. The predicted octanol–water partition coefficient (Wildman–Crippen LogP) is 2.77. The normalized spacial score (nSPS) is 26.1. The van der Waals surface area contributed by atoms with Crippen molar-refractivity contribution in [3.63, 3.8) is 0 Å². The zero-order chi connectivity index (χ0) is 20.3. The van der Waals surface area contributed by atoms with Gasteiger partial charge in [0, 0.05) is 42.7 Å². The van der Waals surface area contributed by atoms with Crippen molar-refractivity contribution in [2.75, 3.05) is 25.0 Å².